The SMILES string of the molecule is Cc1ccc(CC(=O)[C@H](Cc2ccccc2)NC(=O)/C=C/c2cc(Cl)ccc2-n2cnnn2)c(F)c1. The van der Waals surface area contributed by atoms with Gasteiger partial charge < -0.3 is 5.32 Å². The van der Waals surface area contributed by atoms with Crippen LogP contribution in [0.4, 0.5) is 4.39 Å². The van der Waals surface area contributed by atoms with Gasteiger partial charge >= 0.3 is 0 Å². The molecule has 36 heavy (non-hydrogen) atoms. The van der Waals surface area contributed by atoms with Crippen molar-refractivity contribution < 1.29 is 14.0 Å². The number of ketones is 1. The molecule has 7 nitrogen and oxygen atoms in total. The maximum absolute atomic E-state index is 14.4. The molecular weight excluding hydrogens is 481 g/mol. The molecule has 0 aliphatic carbocycles. The third-order valence-corrected chi connectivity index (χ3v) is 5.80. The summed E-state index contributed by atoms with van der Waals surface area (Å²) in [7, 11) is 0. The molecule has 1 atom stereocenters. The van der Waals surface area contributed by atoms with Crippen molar-refractivity contribution in [1.29, 1.82) is 0 Å². The van der Waals surface area contributed by atoms with Crippen LogP contribution in [0.5, 0.6) is 0 Å². The van der Waals surface area contributed by atoms with Crippen LogP contribution >= 0.6 is 11.6 Å². The Bertz CT molecular complexity index is 1390. The zero-order chi connectivity index (χ0) is 25.5. The highest BCUT2D eigenvalue weighted by Gasteiger charge is 2.22. The van der Waals surface area contributed by atoms with E-state index < -0.39 is 17.8 Å². The van der Waals surface area contributed by atoms with Gasteiger partial charge in [0.1, 0.15) is 12.1 Å². The first-order valence-corrected chi connectivity index (χ1v) is 11.6. The number of nitrogens with one attached hydrogen (secondary N) is 1. The summed E-state index contributed by atoms with van der Waals surface area (Å²) in [4.78, 5) is 26.0. The van der Waals surface area contributed by atoms with Crippen molar-refractivity contribution in [2.75, 3.05) is 0 Å². The molecule has 182 valence electrons. The number of halogens is 2. The minimum absolute atomic E-state index is 0.134. The lowest BCUT2D eigenvalue weighted by molar-refractivity contribution is -0.125. The molecule has 0 saturated heterocycles. The van der Waals surface area contributed by atoms with Crippen LogP contribution in [0.2, 0.25) is 5.02 Å². The van der Waals surface area contributed by atoms with Gasteiger partial charge in [0.25, 0.3) is 0 Å². The first-order valence-electron chi connectivity index (χ1n) is 11.2. The smallest absolute Gasteiger partial charge is 0.244 e. The molecule has 0 fully saturated rings. The first kappa shape index (κ1) is 24.9. The third-order valence-electron chi connectivity index (χ3n) is 5.56. The second kappa shape index (κ2) is 11.5. The summed E-state index contributed by atoms with van der Waals surface area (Å²) in [6, 6.07) is 18.3. The van der Waals surface area contributed by atoms with Crippen LogP contribution in [0.25, 0.3) is 11.8 Å². The predicted molar refractivity (Wildman–Crippen MR) is 135 cm³/mol. The van der Waals surface area contributed by atoms with E-state index in [0.29, 0.717) is 21.8 Å². The number of aryl methyl sites for hydroxylation is 1. The highest BCUT2D eigenvalue weighted by molar-refractivity contribution is 6.30. The number of rotatable bonds is 9. The lowest BCUT2D eigenvalue weighted by Gasteiger charge is -2.17. The minimum atomic E-state index is -0.844. The summed E-state index contributed by atoms with van der Waals surface area (Å²) < 4.78 is 15.8. The number of benzene rings is 3. The largest absolute Gasteiger partial charge is 0.342 e. The van der Waals surface area contributed by atoms with Gasteiger partial charge in [0.15, 0.2) is 5.78 Å². The number of aromatic nitrogens is 4. The lowest BCUT2D eigenvalue weighted by atomic mass is 9.97. The summed E-state index contributed by atoms with van der Waals surface area (Å²) in [5.74, 6) is -1.21. The van der Waals surface area contributed by atoms with E-state index in [1.165, 1.54) is 23.2 Å². The Kier molecular flexibility index (Phi) is 7.97. The van der Waals surface area contributed by atoms with Crippen LogP contribution in [0.15, 0.2) is 79.1 Å². The highest BCUT2D eigenvalue weighted by Crippen LogP contribution is 2.20. The Labute approximate surface area is 212 Å². The molecule has 0 radical (unpaired) electrons. The molecule has 0 unspecified atom stereocenters. The molecule has 3 aromatic carbocycles. The molecule has 4 aromatic rings. The Morgan fingerprint density at radius 1 is 1.11 bits per heavy atom. The van der Waals surface area contributed by atoms with Gasteiger partial charge in [0, 0.05) is 23.1 Å². The molecule has 4 rings (SSSR count). The standard InChI is InChI=1S/C27H23ClFN5O2/c1-18-7-8-20(23(29)13-18)16-26(35)24(14-19-5-3-2-4-6-19)31-27(36)12-9-21-15-22(28)10-11-25(21)34-17-30-32-33-34/h2-13,15,17,24H,14,16H2,1H3,(H,31,36)/b12-9+/t24-/m0/s1. The van der Waals surface area contributed by atoms with Crippen molar-refractivity contribution in [2.45, 2.75) is 25.8 Å². The third kappa shape index (κ3) is 6.49. The quantitative estimate of drug-likeness (QED) is 0.344. The Balaban J connectivity index is 1.54. The average Bonchev–Trinajstić information content (AvgIpc) is 3.39. The first-order chi connectivity index (χ1) is 17.4. The van der Waals surface area contributed by atoms with Gasteiger partial charge in [-0.15, -0.1) is 5.10 Å². The molecule has 1 N–H and O–H groups in total. The summed E-state index contributed by atoms with van der Waals surface area (Å²) >= 11 is 6.14. The molecule has 1 amide bonds. The number of hydrogen-bond acceptors (Lipinski definition) is 5. The Morgan fingerprint density at radius 3 is 2.64 bits per heavy atom. The summed E-state index contributed by atoms with van der Waals surface area (Å²) in [5.41, 5.74) is 3.17. The van der Waals surface area contributed by atoms with E-state index in [2.05, 4.69) is 20.8 Å². The van der Waals surface area contributed by atoms with Gasteiger partial charge in [-0.25, -0.2) is 4.39 Å². The van der Waals surface area contributed by atoms with Gasteiger partial charge in [0.05, 0.1) is 11.7 Å². The number of tetrazole rings is 1. The van der Waals surface area contributed by atoms with Crippen LogP contribution in [0.1, 0.15) is 22.3 Å². The van der Waals surface area contributed by atoms with Gasteiger partial charge in [-0.05, 0) is 70.8 Å². The van der Waals surface area contributed by atoms with Crippen LogP contribution in [-0.2, 0) is 22.4 Å². The van der Waals surface area contributed by atoms with E-state index in [1.807, 2.05) is 30.3 Å². The summed E-state index contributed by atoms with van der Waals surface area (Å²) in [6.07, 6.45) is 4.46. The van der Waals surface area contributed by atoms with Crippen LogP contribution in [0.3, 0.4) is 0 Å². The van der Waals surface area contributed by atoms with E-state index in [9.17, 15) is 14.0 Å². The average molecular weight is 504 g/mol. The van der Waals surface area contributed by atoms with Crippen LogP contribution in [-0.4, -0.2) is 37.9 Å². The number of amides is 1. The number of Topliss-reactive ketones (excluding diaryl/α,β-unsaturated/α-hetero) is 1. The highest BCUT2D eigenvalue weighted by atomic mass is 35.5. The van der Waals surface area contributed by atoms with E-state index in [1.54, 1.807) is 43.3 Å². The molecule has 9 heteroatoms. The van der Waals surface area contributed by atoms with Crippen molar-refractivity contribution in [3.8, 4) is 5.69 Å². The van der Waals surface area contributed by atoms with Gasteiger partial charge in [0.2, 0.25) is 5.91 Å². The monoisotopic (exact) mass is 503 g/mol. The number of carbonyl (C=O) groups excluding carboxylic acids is 2. The molecule has 0 aliphatic heterocycles. The zero-order valence-electron chi connectivity index (χ0n) is 19.4. The number of carbonyl (C=O) groups is 2. The fourth-order valence-electron chi connectivity index (χ4n) is 3.73. The van der Waals surface area contributed by atoms with Crippen molar-refractivity contribution in [2.24, 2.45) is 0 Å². The Hall–Kier alpha value is -4.17. The maximum Gasteiger partial charge on any atom is 0.244 e. The van der Waals surface area contributed by atoms with Crippen molar-refractivity contribution in [3.05, 3.63) is 112 Å². The van der Waals surface area contributed by atoms with E-state index in [4.69, 9.17) is 11.6 Å². The molecule has 0 bridgehead atoms. The molecule has 0 spiro atoms. The van der Waals surface area contributed by atoms with E-state index >= 15 is 0 Å². The van der Waals surface area contributed by atoms with Crippen molar-refractivity contribution >= 4 is 29.4 Å². The van der Waals surface area contributed by atoms with Crippen LogP contribution in [0, 0.1) is 12.7 Å². The van der Waals surface area contributed by atoms with Gasteiger partial charge in [-0.2, -0.15) is 4.68 Å². The maximum atomic E-state index is 14.4. The fraction of sp³-hybridized carbons (Fsp3) is 0.148. The van der Waals surface area contributed by atoms with Crippen molar-refractivity contribution in [3.63, 3.8) is 0 Å². The normalized spacial score (nSPS) is 12.0. The number of nitrogens with zero attached hydrogens (tertiary/aromatic N) is 4. The van der Waals surface area contributed by atoms with Gasteiger partial charge in [-0.1, -0.05) is 54.1 Å². The molecule has 1 aromatic heterocycles. The Morgan fingerprint density at radius 2 is 1.92 bits per heavy atom. The molecule has 1 heterocycles. The molecule has 0 aliphatic rings. The topological polar surface area (TPSA) is 89.8 Å². The number of hydrogen-bond donors (Lipinski definition) is 1. The minimum Gasteiger partial charge on any atom is -0.342 e. The second-order valence-corrected chi connectivity index (χ2v) is 8.72. The summed E-state index contributed by atoms with van der Waals surface area (Å²) in [5, 5.41) is 14.4. The second-order valence-electron chi connectivity index (χ2n) is 8.28. The lowest BCUT2D eigenvalue weighted by Crippen LogP contribution is -2.42. The van der Waals surface area contributed by atoms with E-state index in [-0.39, 0.29) is 18.6 Å². The molecule has 0 saturated carbocycles. The molecular formula is C27H23ClFN5O2. The van der Waals surface area contributed by atoms with Crippen LogP contribution < -0.4 is 5.32 Å². The zero-order valence-corrected chi connectivity index (χ0v) is 20.2. The van der Waals surface area contributed by atoms with E-state index in [0.717, 1.165) is 11.1 Å². The van der Waals surface area contributed by atoms with Crippen molar-refractivity contribution in [1.82, 2.24) is 25.5 Å². The fourth-order valence-corrected chi connectivity index (χ4v) is 3.91. The van der Waals surface area contributed by atoms with Gasteiger partial charge in [-0.3, -0.25) is 9.59 Å². The predicted octanol–water partition coefficient (Wildman–Crippen LogP) is 4.32. The summed E-state index contributed by atoms with van der Waals surface area (Å²) in [6.45, 7) is 1.78.